The summed E-state index contributed by atoms with van der Waals surface area (Å²) in [5, 5.41) is 0. The lowest BCUT2D eigenvalue weighted by Gasteiger charge is -2.30. The maximum atomic E-state index is 6.48. The Balaban J connectivity index is 2.09. The molecule has 0 bridgehead atoms. The summed E-state index contributed by atoms with van der Waals surface area (Å²) in [6.45, 7) is 14.1. The SMILES string of the molecule is CC(C)(C)C1=C2OC3CCCCC3C2=C(C(C)(C)C)C1. The number of hydrogen-bond donors (Lipinski definition) is 0. The number of rotatable bonds is 0. The second-order valence-corrected chi connectivity index (χ2v) is 8.92. The van der Waals surface area contributed by atoms with Crippen molar-refractivity contribution in [1.82, 2.24) is 0 Å². The predicted molar refractivity (Wildman–Crippen MR) is 84.4 cm³/mol. The lowest BCUT2D eigenvalue weighted by molar-refractivity contribution is 0.0946. The van der Waals surface area contributed by atoms with Crippen molar-refractivity contribution >= 4 is 0 Å². The summed E-state index contributed by atoms with van der Waals surface area (Å²) in [6.07, 6.45) is 6.93. The molecule has 1 saturated heterocycles. The smallest absolute Gasteiger partial charge is 0.123 e. The zero-order valence-electron chi connectivity index (χ0n) is 14.1. The Morgan fingerprint density at radius 2 is 1.45 bits per heavy atom. The van der Waals surface area contributed by atoms with Crippen LogP contribution in [-0.4, -0.2) is 6.10 Å². The maximum absolute atomic E-state index is 6.48. The van der Waals surface area contributed by atoms with Crippen molar-refractivity contribution in [3.63, 3.8) is 0 Å². The molecule has 3 rings (SSSR count). The third-order valence-electron chi connectivity index (χ3n) is 5.35. The Kier molecular flexibility index (Phi) is 3.12. The molecule has 0 amide bonds. The van der Waals surface area contributed by atoms with Crippen molar-refractivity contribution in [3.05, 3.63) is 22.5 Å². The molecule has 112 valence electrons. The van der Waals surface area contributed by atoms with E-state index < -0.39 is 0 Å². The van der Waals surface area contributed by atoms with E-state index in [2.05, 4.69) is 41.5 Å². The molecule has 2 atom stereocenters. The van der Waals surface area contributed by atoms with E-state index in [1.54, 1.807) is 16.7 Å². The first-order valence-electron chi connectivity index (χ1n) is 8.34. The molecule has 1 heterocycles. The van der Waals surface area contributed by atoms with E-state index in [4.69, 9.17) is 4.74 Å². The van der Waals surface area contributed by atoms with Crippen LogP contribution in [0.5, 0.6) is 0 Å². The zero-order chi connectivity index (χ0) is 14.7. The minimum atomic E-state index is 0.223. The van der Waals surface area contributed by atoms with E-state index in [-0.39, 0.29) is 10.8 Å². The molecule has 2 fully saturated rings. The van der Waals surface area contributed by atoms with E-state index in [1.165, 1.54) is 31.4 Å². The molecule has 0 N–H and O–H groups in total. The van der Waals surface area contributed by atoms with Crippen LogP contribution in [0, 0.1) is 16.7 Å². The Labute approximate surface area is 124 Å². The fraction of sp³-hybridized carbons (Fsp3) is 0.789. The highest BCUT2D eigenvalue weighted by molar-refractivity contribution is 5.52. The van der Waals surface area contributed by atoms with E-state index in [1.807, 2.05) is 0 Å². The van der Waals surface area contributed by atoms with Crippen LogP contribution >= 0.6 is 0 Å². The summed E-state index contributed by atoms with van der Waals surface area (Å²) in [5.74, 6) is 1.99. The fourth-order valence-corrected chi connectivity index (χ4v) is 4.17. The highest BCUT2D eigenvalue weighted by Gasteiger charge is 2.47. The van der Waals surface area contributed by atoms with Crippen LogP contribution in [0.3, 0.4) is 0 Å². The quantitative estimate of drug-likeness (QED) is 0.557. The fourth-order valence-electron chi connectivity index (χ4n) is 4.17. The number of hydrogen-bond acceptors (Lipinski definition) is 1. The minimum Gasteiger partial charge on any atom is -0.490 e. The molecule has 0 spiro atoms. The number of ether oxygens (including phenoxy) is 1. The van der Waals surface area contributed by atoms with Crippen LogP contribution in [0.25, 0.3) is 0 Å². The molecular formula is C19H30O. The van der Waals surface area contributed by atoms with Crippen LogP contribution < -0.4 is 0 Å². The molecule has 0 aromatic carbocycles. The average molecular weight is 274 g/mol. The molecule has 0 radical (unpaired) electrons. The molecule has 3 aliphatic rings. The molecule has 2 aliphatic carbocycles. The van der Waals surface area contributed by atoms with Crippen molar-refractivity contribution in [1.29, 1.82) is 0 Å². The molecular weight excluding hydrogens is 244 g/mol. The van der Waals surface area contributed by atoms with Gasteiger partial charge in [0.2, 0.25) is 0 Å². The van der Waals surface area contributed by atoms with Crippen LogP contribution in [0.4, 0.5) is 0 Å². The topological polar surface area (TPSA) is 9.23 Å². The Hall–Kier alpha value is -0.720. The van der Waals surface area contributed by atoms with Crippen molar-refractivity contribution in [2.75, 3.05) is 0 Å². The first-order valence-corrected chi connectivity index (χ1v) is 8.34. The Morgan fingerprint density at radius 3 is 2.05 bits per heavy atom. The normalized spacial score (nSPS) is 30.5. The molecule has 0 aromatic heterocycles. The third-order valence-corrected chi connectivity index (χ3v) is 5.35. The average Bonchev–Trinajstić information content (AvgIpc) is 2.82. The molecule has 0 aromatic rings. The largest absolute Gasteiger partial charge is 0.490 e. The van der Waals surface area contributed by atoms with Gasteiger partial charge in [-0.3, -0.25) is 0 Å². The molecule has 1 heteroatoms. The first-order chi connectivity index (χ1) is 9.19. The standard InChI is InChI=1S/C19H30O/c1-18(2,3)13-11-14(19(4,5)6)17-16(13)12-9-7-8-10-15(12)20-17/h12,15H,7-11H2,1-6H3. The van der Waals surface area contributed by atoms with E-state index in [0.717, 1.165) is 6.42 Å². The highest BCUT2D eigenvalue weighted by atomic mass is 16.5. The van der Waals surface area contributed by atoms with E-state index in [0.29, 0.717) is 12.0 Å². The molecule has 20 heavy (non-hydrogen) atoms. The molecule has 2 unspecified atom stereocenters. The van der Waals surface area contributed by atoms with Gasteiger partial charge in [-0.1, -0.05) is 53.5 Å². The number of allylic oxidation sites excluding steroid dienone is 3. The lowest BCUT2D eigenvalue weighted by Crippen LogP contribution is -2.23. The first kappa shape index (κ1) is 14.2. The van der Waals surface area contributed by atoms with Crippen LogP contribution in [0.2, 0.25) is 0 Å². The van der Waals surface area contributed by atoms with Gasteiger partial charge in [-0.2, -0.15) is 0 Å². The second-order valence-electron chi connectivity index (χ2n) is 8.92. The summed E-state index contributed by atoms with van der Waals surface area (Å²) >= 11 is 0. The summed E-state index contributed by atoms with van der Waals surface area (Å²) in [6, 6.07) is 0. The Bertz CT molecular complexity index is 479. The third kappa shape index (κ3) is 2.14. The second kappa shape index (κ2) is 4.39. The maximum Gasteiger partial charge on any atom is 0.123 e. The van der Waals surface area contributed by atoms with Gasteiger partial charge < -0.3 is 4.74 Å². The summed E-state index contributed by atoms with van der Waals surface area (Å²) in [4.78, 5) is 0. The minimum absolute atomic E-state index is 0.223. The summed E-state index contributed by atoms with van der Waals surface area (Å²) in [5.41, 5.74) is 5.32. The van der Waals surface area contributed by atoms with Gasteiger partial charge in [0.05, 0.1) is 0 Å². The van der Waals surface area contributed by atoms with Gasteiger partial charge in [0.15, 0.2) is 0 Å². The summed E-state index contributed by atoms with van der Waals surface area (Å²) < 4.78 is 6.48. The van der Waals surface area contributed by atoms with Crippen molar-refractivity contribution in [2.24, 2.45) is 16.7 Å². The van der Waals surface area contributed by atoms with Crippen molar-refractivity contribution in [3.8, 4) is 0 Å². The zero-order valence-corrected chi connectivity index (χ0v) is 14.1. The molecule has 1 saturated carbocycles. The van der Waals surface area contributed by atoms with Gasteiger partial charge in [0.1, 0.15) is 11.9 Å². The van der Waals surface area contributed by atoms with E-state index >= 15 is 0 Å². The van der Waals surface area contributed by atoms with Gasteiger partial charge in [0.25, 0.3) is 0 Å². The Morgan fingerprint density at radius 1 is 0.850 bits per heavy atom. The van der Waals surface area contributed by atoms with Crippen molar-refractivity contribution < 1.29 is 4.74 Å². The van der Waals surface area contributed by atoms with Crippen LogP contribution in [0.1, 0.15) is 73.6 Å². The predicted octanol–water partition coefficient (Wildman–Crippen LogP) is 5.62. The van der Waals surface area contributed by atoms with Gasteiger partial charge in [0, 0.05) is 11.5 Å². The van der Waals surface area contributed by atoms with Crippen LogP contribution in [0.15, 0.2) is 22.5 Å². The number of fused-ring (bicyclic) bond motifs is 3. The van der Waals surface area contributed by atoms with Crippen LogP contribution in [-0.2, 0) is 4.74 Å². The highest BCUT2D eigenvalue weighted by Crippen LogP contribution is 2.56. The monoisotopic (exact) mass is 274 g/mol. The van der Waals surface area contributed by atoms with Gasteiger partial charge in [-0.15, -0.1) is 0 Å². The van der Waals surface area contributed by atoms with Gasteiger partial charge in [-0.05, 0) is 42.1 Å². The van der Waals surface area contributed by atoms with E-state index in [9.17, 15) is 0 Å². The molecule has 1 nitrogen and oxygen atoms in total. The van der Waals surface area contributed by atoms with Crippen molar-refractivity contribution in [2.45, 2.75) is 79.8 Å². The molecule has 1 aliphatic heterocycles. The van der Waals surface area contributed by atoms with Gasteiger partial charge >= 0.3 is 0 Å². The lowest BCUT2D eigenvalue weighted by atomic mass is 9.75. The van der Waals surface area contributed by atoms with Gasteiger partial charge in [-0.25, -0.2) is 0 Å². The summed E-state index contributed by atoms with van der Waals surface area (Å²) in [7, 11) is 0.